The first-order chi connectivity index (χ1) is 20.4. The van der Waals surface area contributed by atoms with Crippen molar-refractivity contribution in [2.75, 3.05) is 18.8 Å². The number of piperidine rings is 1. The lowest BCUT2D eigenvalue weighted by molar-refractivity contribution is -0.178. The largest absolute Gasteiger partial charge is 0.485 e. The molecule has 43 heavy (non-hydrogen) atoms. The smallest absolute Gasteiger partial charge is 0.354 e. The van der Waals surface area contributed by atoms with E-state index in [1.807, 2.05) is 6.07 Å². The third-order valence-corrected chi connectivity index (χ3v) is 8.66. The fourth-order valence-corrected chi connectivity index (χ4v) is 5.82. The zero-order valence-electron chi connectivity index (χ0n) is 24.2. The number of nitrogens with two attached hydrogens (primary N) is 2. The number of thiazole rings is 1. The number of carboxylic acids is 1. The highest BCUT2D eigenvalue weighted by Gasteiger charge is 2.50. The van der Waals surface area contributed by atoms with Crippen LogP contribution in [0.1, 0.15) is 56.9 Å². The number of carboxylic acid groups (broad SMARTS) is 1. The van der Waals surface area contributed by atoms with Gasteiger partial charge in [0.1, 0.15) is 23.3 Å². The second kappa shape index (κ2) is 11.8. The summed E-state index contributed by atoms with van der Waals surface area (Å²) in [5.41, 5.74) is 10.8. The average molecular weight is 613 g/mol. The highest BCUT2D eigenvalue weighted by Crippen LogP contribution is 2.34. The molecule has 5 rings (SSSR count). The number of aliphatic carboxylic acids is 1. The number of β-lactam (4-membered cyclic amide) rings is 1. The third kappa shape index (κ3) is 6.27. The molecule has 3 aliphatic rings. The first-order valence-corrected chi connectivity index (χ1v) is 14.9. The Morgan fingerprint density at radius 2 is 2.02 bits per heavy atom. The molecule has 3 atom stereocenters. The van der Waals surface area contributed by atoms with Gasteiger partial charge in [-0.1, -0.05) is 5.16 Å². The monoisotopic (exact) mass is 612 g/mol. The Labute approximate surface area is 252 Å². The molecule has 14 nitrogen and oxygen atoms in total. The second-order valence-corrected chi connectivity index (χ2v) is 12.5. The number of benzene rings is 1. The second-order valence-electron chi connectivity index (χ2n) is 11.6. The van der Waals surface area contributed by atoms with Crippen LogP contribution in [0.3, 0.4) is 0 Å². The quantitative estimate of drug-likeness (QED) is 0.0999. The Bertz CT molecular complexity index is 1480. The number of aromatic nitrogens is 1. The lowest BCUT2D eigenvalue weighted by atomic mass is 9.85. The van der Waals surface area contributed by atoms with Crippen molar-refractivity contribution in [3.05, 3.63) is 40.4 Å². The minimum Gasteiger partial charge on any atom is -0.485 e. The number of rotatable bonds is 9. The van der Waals surface area contributed by atoms with Crippen LogP contribution in [0.15, 0.2) is 33.7 Å². The predicted octanol–water partition coefficient (Wildman–Crippen LogP) is 0.534. The van der Waals surface area contributed by atoms with E-state index in [0.29, 0.717) is 24.4 Å². The lowest BCUT2D eigenvalue weighted by Crippen LogP contribution is -2.75. The van der Waals surface area contributed by atoms with Crippen molar-refractivity contribution in [2.24, 2.45) is 15.9 Å². The van der Waals surface area contributed by atoms with Gasteiger partial charge in [-0.15, -0.1) is 11.3 Å². The number of amides is 2. The molecule has 3 aliphatic heterocycles. The van der Waals surface area contributed by atoms with E-state index >= 15 is 0 Å². The van der Waals surface area contributed by atoms with Gasteiger partial charge in [-0.25, -0.2) is 9.78 Å². The van der Waals surface area contributed by atoms with Gasteiger partial charge in [0.25, 0.3) is 11.5 Å². The van der Waals surface area contributed by atoms with Crippen molar-refractivity contribution in [1.82, 2.24) is 20.9 Å². The minimum atomic E-state index is -1.98. The fourth-order valence-electron chi connectivity index (χ4n) is 5.28. The van der Waals surface area contributed by atoms with Gasteiger partial charge in [-0.3, -0.25) is 14.6 Å². The zero-order chi connectivity index (χ0) is 30.9. The molecule has 1 aromatic heterocycles. The molecule has 8 N–H and O–H groups in total. The molecule has 0 unspecified atom stereocenters. The normalized spacial score (nSPS) is 23.6. The molecule has 15 heteroatoms. The van der Waals surface area contributed by atoms with Gasteiger partial charge in [-0.05, 0) is 83.3 Å². The highest BCUT2D eigenvalue weighted by molar-refractivity contribution is 7.13. The molecular formula is C28H36N8O6S. The molecule has 230 valence electrons. The molecule has 0 saturated carbocycles. The molecule has 1 aromatic carbocycles. The summed E-state index contributed by atoms with van der Waals surface area (Å²) >= 11 is 1.07. The summed E-state index contributed by atoms with van der Waals surface area (Å²) in [5, 5.41) is 24.5. The Morgan fingerprint density at radius 3 is 2.65 bits per heavy atom. The van der Waals surface area contributed by atoms with E-state index in [1.54, 1.807) is 26.0 Å². The van der Waals surface area contributed by atoms with Crippen molar-refractivity contribution < 1.29 is 29.1 Å². The van der Waals surface area contributed by atoms with Gasteiger partial charge in [0.2, 0.25) is 5.91 Å². The number of nitrogens with zero attached hydrogens (tertiary/aromatic N) is 3. The number of fused-ring (bicyclic) bond motifs is 1. The number of nitrogen functional groups attached to an aromatic ring is 1. The van der Waals surface area contributed by atoms with Crippen LogP contribution in [0.4, 0.5) is 5.13 Å². The number of ether oxygens (including phenoxy) is 1. The van der Waals surface area contributed by atoms with E-state index in [0.717, 1.165) is 48.4 Å². The molecule has 0 spiro atoms. The maximum Gasteiger partial charge on any atom is 0.354 e. The Kier molecular flexibility index (Phi) is 8.29. The van der Waals surface area contributed by atoms with Crippen LogP contribution in [0.2, 0.25) is 0 Å². The number of anilines is 1. The first-order valence-electron chi connectivity index (χ1n) is 14.0. The number of amidine groups is 1. The van der Waals surface area contributed by atoms with Crippen LogP contribution in [-0.4, -0.2) is 81.8 Å². The summed E-state index contributed by atoms with van der Waals surface area (Å²) in [5.74, 6) is -1.50. The number of nitrogens with one attached hydrogen (secondary N) is 3. The van der Waals surface area contributed by atoms with E-state index in [2.05, 4.69) is 31.1 Å². The summed E-state index contributed by atoms with van der Waals surface area (Å²) in [6.07, 6.45) is 1.70. The maximum atomic E-state index is 13.2. The summed E-state index contributed by atoms with van der Waals surface area (Å²) in [6, 6.07) is 4.81. The Balaban J connectivity index is 1.35. The van der Waals surface area contributed by atoms with Gasteiger partial charge in [0.05, 0.1) is 11.6 Å². The summed E-state index contributed by atoms with van der Waals surface area (Å²) in [7, 11) is 0. The van der Waals surface area contributed by atoms with Crippen LogP contribution >= 0.6 is 11.3 Å². The van der Waals surface area contributed by atoms with Crippen LogP contribution < -0.4 is 32.2 Å². The van der Waals surface area contributed by atoms with Crippen molar-refractivity contribution in [3.8, 4) is 5.75 Å². The van der Waals surface area contributed by atoms with Crippen molar-refractivity contribution in [1.29, 1.82) is 0 Å². The molecule has 2 fully saturated rings. The zero-order valence-corrected chi connectivity index (χ0v) is 25.0. The standard InChI is InChI=1S/C28H36N8O6S/c1-27(2)21(24(38)35-27)34-23(37)20(17-13-43-26(30)33-17)36-42-28(3,25(39)40)19-7-5-14-12-15(4-6-18(14)41-19)22(29)32-16-8-10-31-11-9-16/h4,6,12-13,16,19,21,31H,5,7-11H2,1-3H3,(H2,29,32)(H2,30,33)(H,34,37)(H,35,38)(H,39,40)/b36-20-/t19-,21-,28+/m1/s1. The van der Waals surface area contributed by atoms with E-state index in [9.17, 15) is 19.5 Å². The number of aliphatic imine (C=N–C) groups is 1. The SMILES string of the molecule is CC1(C)NC(=O)[C@H]1NC(=O)/C(=N\O[C@](C)(C(=O)O)[C@H]1CCc2cc(C(N)=NC3CCNCC3)ccc2O1)c1csc(N)n1. The van der Waals surface area contributed by atoms with E-state index < -0.39 is 35.2 Å². The predicted molar refractivity (Wildman–Crippen MR) is 160 cm³/mol. The summed E-state index contributed by atoms with van der Waals surface area (Å²) < 4.78 is 6.13. The summed E-state index contributed by atoms with van der Waals surface area (Å²) in [6.45, 7) is 6.67. The highest BCUT2D eigenvalue weighted by atomic mass is 32.1. The fraction of sp³-hybridized carbons (Fsp3) is 0.500. The molecule has 0 radical (unpaired) electrons. The Morgan fingerprint density at radius 1 is 1.28 bits per heavy atom. The molecular weight excluding hydrogens is 576 g/mol. The van der Waals surface area contributed by atoms with Crippen molar-refractivity contribution in [2.45, 2.75) is 75.8 Å². The number of carbonyl (C=O) groups excluding carboxylic acids is 2. The number of aryl methyl sites for hydroxylation is 1. The number of hydrogen-bond donors (Lipinski definition) is 6. The topological polar surface area (TPSA) is 216 Å². The Hall–Kier alpha value is -4.24. The van der Waals surface area contributed by atoms with Gasteiger partial charge < -0.3 is 42.1 Å². The van der Waals surface area contributed by atoms with Gasteiger partial charge in [0, 0.05) is 10.9 Å². The number of carbonyl (C=O) groups is 3. The average Bonchev–Trinajstić information content (AvgIpc) is 3.41. The van der Waals surface area contributed by atoms with Gasteiger partial charge >= 0.3 is 5.97 Å². The number of oxime groups is 1. The minimum absolute atomic E-state index is 0.0801. The van der Waals surface area contributed by atoms with Crippen LogP contribution in [0, 0.1) is 0 Å². The molecule has 0 bridgehead atoms. The summed E-state index contributed by atoms with van der Waals surface area (Å²) in [4.78, 5) is 52.3. The molecule has 0 aliphatic carbocycles. The lowest BCUT2D eigenvalue weighted by Gasteiger charge is -2.44. The number of hydrogen-bond acceptors (Lipinski definition) is 11. The molecule has 2 saturated heterocycles. The maximum absolute atomic E-state index is 13.2. The van der Waals surface area contributed by atoms with Crippen molar-refractivity contribution in [3.63, 3.8) is 0 Å². The molecule has 4 heterocycles. The van der Waals surface area contributed by atoms with Gasteiger partial charge in [0.15, 0.2) is 16.9 Å². The third-order valence-electron chi connectivity index (χ3n) is 7.98. The van der Waals surface area contributed by atoms with Crippen LogP contribution in [-0.2, 0) is 25.6 Å². The molecule has 2 aromatic rings. The van der Waals surface area contributed by atoms with E-state index in [4.69, 9.17) is 21.0 Å². The van der Waals surface area contributed by atoms with Crippen molar-refractivity contribution >= 4 is 45.8 Å². The van der Waals surface area contributed by atoms with E-state index in [-0.39, 0.29) is 28.5 Å². The van der Waals surface area contributed by atoms with Crippen LogP contribution in [0.5, 0.6) is 5.75 Å². The van der Waals surface area contributed by atoms with E-state index in [1.165, 1.54) is 12.3 Å². The van der Waals surface area contributed by atoms with Crippen LogP contribution in [0.25, 0.3) is 0 Å². The molecule has 2 amide bonds. The van der Waals surface area contributed by atoms with Gasteiger partial charge in [-0.2, -0.15) is 0 Å². The first kappa shape index (κ1) is 30.2.